The lowest BCUT2D eigenvalue weighted by atomic mass is 9.68. The molecule has 20 heavy (non-hydrogen) atoms. The van der Waals surface area contributed by atoms with Gasteiger partial charge in [0.1, 0.15) is 0 Å². The molecule has 1 aliphatic carbocycles. The Morgan fingerprint density at radius 1 is 1.35 bits per heavy atom. The van der Waals surface area contributed by atoms with Gasteiger partial charge in [0.05, 0.1) is 5.03 Å². The first-order valence-electron chi connectivity index (χ1n) is 7.81. The standard InChI is InChI=1S/C17H28N2S/c1-5-17(2,3)13-9-10-14(18-4)15(12-13)20-16-8-6-7-11-19-16/h6-8,11,13-15,18H,5,9-10,12H2,1-4H3. The van der Waals surface area contributed by atoms with Gasteiger partial charge >= 0.3 is 0 Å². The van der Waals surface area contributed by atoms with Gasteiger partial charge in [-0.05, 0) is 49.8 Å². The molecule has 1 aliphatic rings. The van der Waals surface area contributed by atoms with Crippen LogP contribution < -0.4 is 5.32 Å². The SMILES string of the molecule is CCC(C)(C)C1CCC(NC)C(Sc2ccccn2)C1. The second-order valence-electron chi connectivity index (χ2n) is 6.57. The third kappa shape index (κ3) is 3.76. The molecule has 112 valence electrons. The molecule has 1 heterocycles. The second kappa shape index (κ2) is 6.95. The highest BCUT2D eigenvalue weighted by molar-refractivity contribution is 7.99. The summed E-state index contributed by atoms with van der Waals surface area (Å²) in [6, 6.07) is 6.82. The van der Waals surface area contributed by atoms with Crippen molar-refractivity contribution in [2.75, 3.05) is 7.05 Å². The Kier molecular flexibility index (Phi) is 5.50. The number of nitrogens with zero attached hydrogens (tertiary/aromatic N) is 1. The summed E-state index contributed by atoms with van der Waals surface area (Å²) in [5.74, 6) is 0.832. The monoisotopic (exact) mass is 292 g/mol. The van der Waals surface area contributed by atoms with E-state index in [1.54, 1.807) is 0 Å². The lowest BCUT2D eigenvalue weighted by Gasteiger charge is -2.42. The minimum absolute atomic E-state index is 0.460. The molecule has 1 N–H and O–H groups in total. The van der Waals surface area contributed by atoms with Gasteiger partial charge in [-0.3, -0.25) is 0 Å². The fourth-order valence-electron chi connectivity index (χ4n) is 3.16. The van der Waals surface area contributed by atoms with Crippen molar-refractivity contribution in [3.05, 3.63) is 24.4 Å². The second-order valence-corrected chi connectivity index (χ2v) is 7.83. The van der Waals surface area contributed by atoms with Crippen molar-refractivity contribution < 1.29 is 0 Å². The van der Waals surface area contributed by atoms with E-state index >= 15 is 0 Å². The maximum absolute atomic E-state index is 4.48. The Morgan fingerprint density at radius 2 is 2.15 bits per heavy atom. The van der Waals surface area contributed by atoms with Crippen molar-refractivity contribution in [2.45, 2.75) is 62.8 Å². The van der Waals surface area contributed by atoms with E-state index in [9.17, 15) is 0 Å². The van der Waals surface area contributed by atoms with Crippen molar-refractivity contribution in [1.29, 1.82) is 0 Å². The van der Waals surface area contributed by atoms with Crippen molar-refractivity contribution in [1.82, 2.24) is 10.3 Å². The van der Waals surface area contributed by atoms with E-state index in [1.165, 1.54) is 25.7 Å². The number of hydrogen-bond donors (Lipinski definition) is 1. The van der Waals surface area contributed by atoms with Gasteiger partial charge < -0.3 is 5.32 Å². The Labute approximate surface area is 128 Å². The van der Waals surface area contributed by atoms with Crippen LogP contribution >= 0.6 is 11.8 Å². The normalized spacial score (nSPS) is 27.5. The Hall–Kier alpha value is -0.540. The van der Waals surface area contributed by atoms with Gasteiger partial charge in [-0.25, -0.2) is 4.98 Å². The molecule has 0 amide bonds. The molecular weight excluding hydrogens is 264 g/mol. The number of pyridine rings is 1. The van der Waals surface area contributed by atoms with E-state index in [2.05, 4.69) is 50.3 Å². The van der Waals surface area contributed by atoms with E-state index in [1.807, 2.05) is 24.0 Å². The van der Waals surface area contributed by atoms with Crippen LogP contribution in [-0.2, 0) is 0 Å². The average Bonchev–Trinajstić information content (AvgIpc) is 2.48. The number of rotatable bonds is 5. The molecule has 1 aromatic rings. The molecule has 3 heteroatoms. The summed E-state index contributed by atoms with van der Waals surface area (Å²) in [5.41, 5.74) is 0.460. The molecule has 0 radical (unpaired) electrons. The first kappa shape index (κ1) is 15.8. The topological polar surface area (TPSA) is 24.9 Å². The highest BCUT2D eigenvalue weighted by atomic mass is 32.2. The summed E-state index contributed by atoms with van der Waals surface area (Å²) < 4.78 is 0. The van der Waals surface area contributed by atoms with Crippen molar-refractivity contribution >= 4 is 11.8 Å². The van der Waals surface area contributed by atoms with Gasteiger partial charge in [-0.2, -0.15) is 0 Å². The zero-order chi connectivity index (χ0) is 14.6. The first-order valence-corrected chi connectivity index (χ1v) is 8.69. The summed E-state index contributed by atoms with van der Waals surface area (Å²) in [4.78, 5) is 4.48. The van der Waals surface area contributed by atoms with Crippen LogP contribution in [0.15, 0.2) is 29.4 Å². The summed E-state index contributed by atoms with van der Waals surface area (Å²) in [5, 5.41) is 5.31. The smallest absolute Gasteiger partial charge is 0.0963 e. The fourth-order valence-corrected chi connectivity index (χ4v) is 4.51. The number of nitrogens with one attached hydrogen (secondary N) is 1. The summed E-state index contributed by atoms with van der Waals surface area (Å²) in [7, 11) is 2.10. The zero-order valence-corrected chi connectivity index (χ0v) is 14.0. The van der Waals surface area contributed by atoms with Gasteiger partial charge in [0.2, 0.25) is 0 Å². The Bertz CT molecular complexity index is 405. The summed E-state index contributed by atoms with van der Waals surface area (Å²) >= 11 is 1.95. The van der Waals surface area contributed by atoms with Crippen molar-refractivity contribution in [3.63, 3.8) is 0 Å². The molecular formula is C17H28N2S. The van der Waals surface area contributed by atoms with Crippen LogP contribution in [0.25, 0.3) is 0 Å². The predicted octanol–water partition coefficient (Wildman–Crippen LogP) is 4.37. The quantitative estimate of drug-likeness (QED) is 0.872. The van der Waals surface area contributed by atoms with Gasteiger partial charge in [0.25, 0.3) is 0 Å². The molecule has 2 rings (SSSR count). The predicted molar refractivity (Wildman–Crippen MR) is 88.1 cm³/mol. The van der Waals surface area contributed by atoms with Crippen LogP contribution in [0.1, 0.15) is 46.5 Å². The maximum atomic E-state index is 4.48. The molecule has 0 saturated heterocycles. The van der Waals surface area contributed by atoms with Crippen LogP contribution in [0.2, 0.25) is 0 Å². The van der Waals surface area contributed by atoms with Gasteiger partial charge in [-0.15, -0.1) is 11.8 Å². The van der Waals surface area contributed by atoms with Crippen LogP contribution in [-0.4, -0.2) is 23.3 Å². The largest absolute Gasteiger partial charge is 0.316 e. The summed E-state index contributed by atoms with van der Waals surface area (Å²) in [6.45, 7) is 7.19. The van der Waals surface area contributed by atoms with Crippen LogP contribution in [0.4, 0.5) is 0 Å². The van der Waals surface area contributed by atoms with Crippen LogP contribution in [0, 0.1) is 11.3 Å². The maximum Gasteiger partial charge on any atom is 0.0963 e. The number of hydrogen-bond acceptors (Lipinski definition) is 3. The van der Waals surface area contributed by atoms with E-state index in [0.717, 1.165) is 10.9 Å². The minimum Gasteiger partial charge on any atom is -0.316 e. The first-order chi connectivity index (χ1) is 9.56. The van der Waals surface area contributed by atoms with Crippen molar-refractivity contribution in [2.24, 2.45) is 11.3 Å². The van der Waals surface area contributed by atoms with Crippen LogP contribution in [0.5, 0.6) is 0 Å². The van der Waals surface area contributed by atoms with E-state index < -0.39 is 0 Å². The molecule has 0 spiro atoms. The molecule has 0 bridgehead atoms. The molecule has 1 aromatic heterocycles. The fraction of sp³-hybridized carbons (Fsp3) is 0.706. The van der Waals surface area contributed by atoms with E-state index in [-0.39, 0.29) is 0 Å². The zero-order valence-electron chi connectivity index (χ0n) is 13.2. The number of thioether (sulfide) groups is 1. The summed E-state index contributed by atoms with van der Waals surface area (Å²) in [6.07, 6.45) is 7.10. The highest BCUT2D eigenvalue weighted by Gasteiger charge is 2.37. The third-order valence-electron chi connectivity index (χ3n) is 5.09. The van der Waals surface area contributed by atoms with Gasteiger partial charge in [0.15, 0.2) is 0 Å². The molecule has 2 nitrogen and oxygen atoms in total. The van der Waals surface area contributed by atoms with Gasteiger partial charge in [-0.1, -0.05) is 33.3 Å². The lowest BCUT2D eigenvalue weighted by molar-refractivity contribution is 0.142. The average molecular weight is 292 g/mol. The molecule has 1 fully saturated rings. The number of aromatic nitrogens is 1. The molecule has 0 aromatic carbocycles. The lowest BCUT2D eigenvalue weighted by Crippen LogP contribution is -2.43. The third-order valence-corrected chi connectivity index (χ3v) is 6.40. The highest BCUT2D eigenvalue weighted by Crippen LogP contribution is 2.44. The van der Waals surface area contributed by atoms with Crippen LogP contribution in [0.3, 0.4) is 0 Å². The van der Waals surface area contributed by atoms with E-state index in [4.69, 9.17) is 0 Å². The van der Waals surface area contributed by atoms with Gasteiger partial charge in [0, 0.05) is 17.5 Å². The van der Waals surface area contributed by atoms with E-state index in [0.29, 0.717) is 16.7 Å². The molecule has 0 aliphatic heterocycles. The molecule has 3 atom stereocenters. The Balaban J connectivity index is 2.07. The Morgan fingerprint density at radius 3 is 2.75 bits per heavy atom. The molecule has 3 unspecified atom stereocenters. The molecule has 1 saturated carbocycles. The van der Waals surface area contributed by atoms with Crippen molar-refractivity contribution in [3.8, 4) is 0 Å². The minimum atomic E-state index is 0.460.